The van der Waals surface area contributed by atoms with E-state index in [0.29, 0.717) is 16.8 Å². The Morgan fingerprint density at radius 1 is 1.12 bits per heavy atom. The van der Waals surface area contributed by atoms with Crippen LogP contribution in [0.4, 0.5) is 0 Å². The van der Waals surface area contributed by atoms with Crippen LogP contribution in [0.2, 0.25) is 0 Å². The van der Waals surface area contributed by atoms with Crippen molar-refractivity contribution in [3.8, 4) is 0 Å². The number of benzene rings is 2. The van der Waals surface area contributed by atoms with Crippen LogP contribution in [0.3, 0.4) is 0 Å². The van der Waals surface area contributed by atoms with Crippen LogP contribution in [0.25, 0.3) is 21.7 Å². The lowest BCUT2D eigenvalue weighted by molar-refractivity contribution is 0.467. The number of hydrogen-bond acceptors (Lipinski definition) is 3. The van der Waals surface area contributed by atoms with Gasteiger partial charge in [0, 0.05) is 6.92 Å². The fraction of sp³-hybridized carbons (Fsp3) is 0.0769. The van der Waals surface area contributed by atoms with Crippen LogP contribution in [0.1, 0.15) is 5.89 Å². The van der Waals surface area contributed by atoms with Crippen LogP contribution in [0.5, 0.6) is 0 Å². The molecule has 0 saturated heterocycles. The minimum atomic E-state index is -0.320. The molecule has 0 bridgehead atoms. The molecular formula is C13H9NO2. The first-order valence-corrected chi connectivity index (χ1v) is 5.05. The van der Waals surface area contributed by atoms with Crippen molar-refractivity contribution in [2.45, 2.75) is 6.92 Å². The van der Waals surface area contributed by atoms with Gasteiger partial charge in [-0.15, -0.1) is 0 Å². The molecule has 3 rings (SSSR count). The summed E-state index contributed by atoms with van der Waals surface area (Å²) in [7, 11) is 0. The van der Waals surface area contributed by atoms with Gasteiger partial charge in [0.15, 0.2) is 5.89 Å². The molecule has 3 nitrogen and oxygen atoms in total. The van der Waals surface area contributed by atoms with Crippen LogP contribution in [-0.2, 0) is 0 Å². The number of nitrogens with zero attached hydrogens (tertiary/aromatic N) is 1. The molecule has 3 aromatic rings. The first-order valence-electron chi connectivity index (χ1n) is 5.05. The average molecular weight is 211 g/mol. The maximum atomic E-state index is 11.8. The zero-order valence-electron chi connectivity index (χ0n) is 8.73. The highest BCUT2D eigenvalue weighted by molar-refractivity contribution is 6.05. The van der Waals surface area contributed by atoms with E-state index >= 15 is 0 Å². The third kappa shape index (κ3) is 1.21. The molecule has 2 aromatic carbocycles. The topological polar surface area (TPSA) is 43.1 Å². The van der Waals surface area contributed by atoms with Crippen LogP contribution in [0.15, 0.2) is 45.6 Å². The summed E-state index contributed by atoms with van der Waals surface area (Å²) in [4.78, 5) is 16.0. The molecule has 0 amide bonds. The second kappa shape index (κ2) is 3.17. The highest BCUT2D eigenvalue weighted by Crippen LogP contribution is 2.21. The van der Waals surface area contributed by atoms with E-state index in [1.54, 1.807) is 6.92 Å². The second-order valence-electron chi connectivity index (χ2n) is 3.70. The normalized spacial score (nSPS) is 11.1. The standard InChI is InChI=1S/C13H9NO2/c1-8-14-11-7-6-9-4-2-3-5-10(9)12(11)13(15)16-8/h2-7H,1H3. The summed E-state index contributed by atoms with van der Waals surface area (Å²) < 4.78 is 5.03. The molecule has 78 valence electrons. The Bertz CT molecular complexity index is 744. The highest BCUT2D eigenvalue weighted by atomic mass is 16.4. The molecule has 0 spiro atoms. The van der Waals surface area contributed by atoms with E-state index in [9.17, 15) is 4.79 Å². The third-order valence-corrected chi connectivity index (χ3v) is 2.63. The molecule has 0 aliphatic carbocycles. The molecular weight excluding hydrogens is 202 g/mol. The van der Waals surface area contributed by atoms with E-state index in [4.69, 9.17) is 4.42 Å². The SMILES string of the molecule is Cc1nc2ccc3ccccc3c2c(=O)o1. The van der Waals surface area contributed by atoms with Gasteiger partial charge in [-0.05, 0) is 16.8 Å². The Morgan fingerprint density at radius 2 is 1.94 bits per heavy atom. The molecule has 1 aromatic heterocycles. The van der Waals surface area contributed by atoms with Gasteiger partial charge in [0.25, 0.3) is 0 Å². The molecule has 0 fully saturated rings. The van der Waals surface area contributed by atoms with Crippen molar-refractivity contribution in [3.63, 3.8) is 0 Å². The molecule has 0 unspecified atom stereocenters. The first kappa shape index (κ1) is 9.09. The maximum Gasteiger partial charge on any atom is 0.347 e. The maximum absolute atomic E-state index is 11.8. The lowest BCUT2D eigenvalue weighted by atomic mass is 10.1. The predicted octanol–water partition coefficient (Wildman–Crippen LogP) is 2.65. The molecule has 0 aliphatic heterocycles. The minimum absolute atomic E-state index is 0.320. The summed E-state index contributed by atoms with van der Waals surface area (Å²) in [5.74, 6) is 0.396. The lowest BCUT2D eigenvalue weighted by Gasteiger charge is -2.01. The fourth-order valence-corrected chi connectivity index (χ4v) is 1.95. The number of aryl methyl sites for hydroxylation is 1. The summed E-state index contributed by atoms with van der Waals surface area (Å²) in [5.41, 5.74) is 0.367. The zero-order chi connectivity index (χ0) is 11.1. The number of rotatable bonds is 0. The molecule has 0 N–H and O–H groups in total. The van der Waals surface area contributed by atoms with Gasteiger partial charge in [0.05, 0.1) is 10.9 Å². The Morgan fingerprint density at radius 3 is 2.81 bits per heavy atom. The van der Waals surface area contributed by atoms with Gasteiger partial charge >= 0.3 is 5.63 Å². The molecule has 1 heterocycles. The number of fused-ring (bicyclic) bond motifs is 3. The van der Waals surface area contributed by atoms with Gasteiger partial charge < -0.3 is 4.42 Å². The van der Waals surface area contributed by atoms with E-state index in [1.165, 1.54) is 0 Å². The Balaban J connectivity index is 2.65. The second-order valence-corrected chi connectivity index (χ2v) is 3.70. The summed E-state index contributed by atoms with van der Waals surface area (Å²) in [6.45, 7) is 1.68. The van der Waals surface area contributed by atoms with Crippen LogP contribution < -0.4 is 5.63 Å². The largest absolute Gasteiger partial charge is 0.408 e. The van der Waals surface area contributed by atoms with E-state index in [2.05, 4.69) is 4.98 Å². The molecule has 0 radical (unpaired) electrons. The number of hydrogen-bond donors (Lipinski definition) is 0. The van der Waals surface area contributed by atoms with Gasteiger partial charge in [-0.25, -0.2) is 9.78 Å². The molecule has 3 heteroatoms. The first-order chi connectivity index (χ1) is 7.75. The Hall–Kier alpha value is -2.16. The van der Waals surface area contributed by atoms with E-state index < -0.39 is 0 Å². The van der Waals surface area contributed by atoms with Crippen molar-refractivity contribution in [3.05, 3.63) is 52.7 Å². The smallest absolute Gasteiger partial charge is 0.347 e. The van der Waals surface area contributed by atoms with Crippen LogP contribution in [-0.4, -0.2) is 4.98 Å². The van der Waals surface area contributed by atoms with Crippen molar-refractivity contribution < 1.29 is 4.42 Å². The van der Waals surface area contributed by atoms with Crippen molar-refractivity contribution in [2.24, 2.45) is 0 Å². The van der Waals surface area contributed by atoms with Crippen LogP contribution in [0, 0.1) is 6.92 Å². The Kier molecular flexibility index (Phi) is 1.80. The molecule has 0 aliphatic rings. The van der Waals surface area contributed by atoms with Crippen LogP contribution >= 0.6 is 0 Å². The lowest BCUT2D eigenvalue weighted by Crippen LogP contribution is -2.03. The van der Waals surface area contributed by atoms with Crippen molar-refractivity contribution in [1.29, 1.82) is 0 Å². The molecule has 16 heavy (non-hydrogen) atoms. The van der Waals surface area contributed by atoms with Gasteiger partial charge in [0.1, 0.15) is 0 Å². The molecule has 0 atom stereocenters. The summed E-state index contributed by atoms with van der Waals surface area (Å²) in [6.07, 6.45) is 0. The van der Waals surface area contributed by atoms with Gasteiger partial charge in [-0.2, -0.15) is 0 Å². The summed E-state index contributed by atoms with van der Waals surface area (Å²) >= 11 is 0. The van der Waals surface area contributed by atoms with Crippen molar-refractivity contribution in [2.75, 3.05) is 0 Å². The fourth-order valence-electron chi connectivity index (χ4n) is 1.95. The minimum Gasteiger partial charge on any atom is -0.408 e. The number of aromatic nitrogens is 1. The van der Waals surface area contributed by atoms with Gasteiger partial charge in [-0.1, -0.05) is 30.3 Å². The third-order valence-electron chi connectivity index (χ3n) is 2.63. The highest BCUT2D eigenvalue weighted by Gasteiger charge is 2.07. The monoisotopic (exact) mass is 211 g/mol. The summed E-state index contributed by atoms with van der Waals surface area (Å²) in [6, 6.07) is 11.5. The predicted molar refractivity (Wildman–Crippen MR) is 62.5 cm³/mol. The average Bonchev–Trinajstić information content (AvgIpc) is 2.28. The van der Waals surface area contributed by atoms with E-state index in [-0.39, 0.29) is 5.63 Å². The summed E-state index contributed by atoms with van der Waals surface area (Å²) in [5, 5.41) is 2.47. The Labute approximate surface area is 91.3 Å². The van der Waals surface area contributed by atoms with Gasteiger partial charge in [-0.3, -0.25) is 0 Å². The quantitative estimate of drug-likeness (QED) is 0.537. The van der Waals surface area contributed by atoms with Crippen molar-refractivity contribution >= 4 is 21.7 Å². The zero-order valence-corrected chi connectivity index (χ0v) is 8.73. The molecule has 0 saturated carbocycles. The van der Waals surface area contributed by atoms with Crippen molar-refractivity contribution in [1.82, 2.24) is 4.98 Å². The van der Waals surface area contributed by atoms with Gasteiger partial charge in [0.2, 0.25) is 0 Å². The van der Waals surface area contributed by atoms with E-state index in [0.717, 1.165) is 10.8 Å². The van der Waals surface area contributed by atoms with E-state index in [1.807, 2.05) is 36.4 Å².